The minimum absolute atomic E-state index is 0. The summed E-state index contributed by atoms with van der Waals surface area (Å²) >= 11 is 0. The number of carbonyl (C=O) groups excluding carboxylic acids is 1. The van der Waals surface area contributed by atoms with Crippen LogP contribution < -0.4 is 10.6 Å². The quantitative estimate of drug-likeness (QED) is 0.763. The number of hydrogen-bond acceptors (Lipinski definition) is 3. The van der Waals surface area contributed by atoms with E-state index in [0.717, 1.165) is 32.4 Å². The lowest BCUT2D eigenvalue weighted by atomic mass is 9.93. The maximum Gasteiger partial charge on any atom is 0.240 e. The third-order valence-electron chi connectivity index (χ3n) is 5.61. The molecule has 1 aromatic rings. The maximum atomic E-state index is 12.5. The minimum atomic E-state index is -0.339. The van der Waals surface area contributed by atoms with Gasteiger partial charge in [-0.15, -0.1) is 24.8 Å². The van der Waals surface area contributed by atoms with Gasteiger partial charge in [0.15, 0.2) is 0 Å². The molecule has 3 rings (SSSR count). The molecule has 1 amide bonds. The first kappa shape index (κ1) is 23.2. The van der Waals surface area contributed by atoms with Crippen LogP contribution in [-0.2, 0) is 17.9 Å². The zero-order valence-corrected chi connectivity index (χ0v) is 17.4. The summed E-state index contributed by atoms with van der Waals surface area (Å²) in [5.74, 6) is 0.153. The van der Waals surface area contributed by atoms with E-state index in [1.165, 1.54) is 43.5 Å². The van der Waals surface area contributed by atoms with E-state index in [1.54, 1.807) is 0 Å². The standard InChI is InChI=1S/C20H31N3O.2ClH/c1-2-20(11-6-12-22-20)19(24)21-15-17-7-9-18(10-8-17)16-23-13-4-3-5-14-23;;/h7-10,22H,2-6,11-16H2,1H3,(H,21,24);2*1H. The van der Waals surface area contributed by atoms with Crippen molar-refractivity contribution in [3.05, 3.63) is 35.4 Å². The Kier molecular flexibility index (Phi) is 9.94. The first-order valence-electron chi connectivity index (χ1n) is 9.55. The average molecular weight is 402 g/mol. The van der Waals surface area contributed by atoms with E-state index in [9.17, 15) is 4.79 Å². The monoisotopic (exact) mass is 401 g/mol. The van der Waals surface area contributed by atoms with Crippen LogP contribution in [0.4, 0.5) is 0 Å². The Morgan fingerprint density at radius 3 is 2.31 bits per heavy atom. The van der Waals surface area contributed by atoms with E-state index in [2.05, 4.69) is 46.7 Å². The molecule has 1 atom stereocenters. The molecule has 26 heavy (non-hydrogen) atoms. The first-order valence-corrected chi connectivity index (χ1v) is 9.55. The molecule has 2 aliphatic rings. The molecule has 2 aliphatic heterocycles. The van der Waals surface area contributed by atoms with Crippen LogP contribution in [0.25, 0.3) is 0 Å². The van der Waals surface area contributed by atoms with E-state index >= 15 is 0 Å². The highest BCUT2D eigenvalue weighted by Gasteiger charge is 2.38. The maximum absolute atomic E-state index is 12.5. The predicted molar refractivity (Wildman–Crippen MR) is 112 cm³/mol. The van der Waals surface area contributed by atoms with Gasteiger partial charge in [-0.25, -0.2) is 0 Å². The number of amides is 1. The second kappa shape index (κ2) is 11.1. The van der Waals surface area contributed by atoms with Crippen LogP contribution in [0.2, 0.25) is 0 Å². The number of nitrogens with one attached hydrogen (secondary N) is 2. The molecule has 0 aliphatic carbocycles. The highest BCUT2D eigenvalue weighted by molar-refractivity contribution is 5.86. The summed E-state index contributed by atoms with van der Waals surface area (Å²) in [6, 6.07) is 8.72. The van der Waals surface area contributed by atoms with Gasteiger partial charge in [-0.1, -0.05) is 37.6 Å². The van der Waals surface area contributed by atoms with Gasteiger partial charge in [0.05, 0.1) is 5.54 Å². The molecule has 4 nitrogen and oxygen atoms in total. The van der Waals surface area contributed by atoms with Crippen LogP contribution in [0, 0.1) is 0 Å². The molecule has 0 bridgehead atoms. The van der Waals surface area contributed by atoms with Gasteiger partial charge in [-0.3, -0.25) is 9.69 Å². The number of carbonyl (C=O) groups is 1. The molecule has 0 aromatic heterocycles. The Morgan fingerprint density at radius 1 is 1.08 bits per heavy atom. The lowest BCUT2D eigenvalue weighted by molar-refractivity contribution is -0.127. The molecule has 1 aromatic carbocycles. The van der Waals surface area contributed by atoms with Gasteiger partial charge in [0.25, 0.3) is 0 Å². The molecular weight excluding hydrogens is 369 g/mol. The lowest BCUT2D eigenvalue weighted by Gasteiger charge is -2.27. The van der Waals surface area contributed by atoms with Crippen LogP contribution >= 0.6 is 24.8 Å². The normalized spacial score (nSPS) is 23.0. The summed E-state index contributed by atoms with van der Waals surface area (Å²) in [7, 11) is 0. The fourth-order valence-corrected chi connectivity index (χ4v) is 3.95. The van der Waals surface area contributed by atoms with Gasteiger partial charge >= 0.3 is 0 Å². The molecule has 148 valence electrons. The first-order chi connectivity index (χ1) is 11.7. The number of likely N-dealkylation sites (tertiary alicyclic amines) is 1. The number of rotatable bonds is 6. The highest BCUT2D eigenvalue weighted by Crippen LogP contribution is 2.23. The van der Waals surface area contributed by atoms with Crippen molar-refractivity contribution in [1.82, 2.24) is 15.5 Å². The molecule has 0 spiro atoms. The van der Waals surface area contributed by atoms with Crippen LogP contribution in [0.3, 0.4) is 0 Å². The van der Waals surface area contributed by atoms with Crippen molar-refractivity contribution in [1.29, 1.82) is 0 Å². The zero-order chi connectivity index (χ0) is 16.8. The van der Waals surface area contributed by atoms with Gasteiger partial charge in [0, 0.05) is 13.1 Å². The van der Waals surface area contributed by atoms with Gasteiger partial charge in [-0.2, -0.15) is 0 Å². The fraction of sp³-hybridized carbons (Fsp3) is 0.650. The van der Waals surface area contributed by atoms with Crippen LogP contribution in [-0.4, -0.2) is 36.0 Å². The van der Waals surface area contributed by atoms with Crippen molar-refractivity contribution in [3.63, 3.8) is 0 Å². The number of hydrogen-bond donors (Lipinski definition) is 2. The minimum Gasteiger partial charge on any atom is -0.350 e. The topological polar surface area (TPSA) is 44.4 Å². The van der Waals surface area contributed by atoms with Crippen molar-refractivity contribution >= 4 is 30.7 Å². The van der Waals surface area contributed by atoms with E-state index in [-0.39, 0.29) is 36.3 Å². The Balaban J connectivity index is 0.00000169. The number of piperidine rings is 1. The smallest absolute Gasteiger partial charge is 0.240 e. The molecule has 1 unspecified atom stereocenters. The summed E-state index contributed by atoms with van der Waals surface area (Å²) in [6.45, 7) is 7.16. The molecule has 2 saturated heterocycles. The SMILES string of the molecule is CCC1(C(=O)NCc2ccc(CN3CCCCC3)cc2)CCCN1.Cl.Cl. The van der Waals surface area contributed by atoms with Gasteiger partial charge in [-0.05, 0) is 62.9 Å². The zero-order valence-electron chi connectivity index (χ0n) is 15.8. The van der Waals surface area contributed by atoms with Crippen LogP contribution in [0.1, 0.15) is 56.6 Å². The Bertz CT molecular complexity index is 538. The van der Waals surface area contributed by atoms with Crippen molar-refractivity contribution in [2.24, 2.45) is 0 Å². The number of nitrogens with zero attached hydrogens (tertiary/aromatic N) is 1. The van der Waals surface area contributed by atoms with Gasteiger partial charge in [0.1, 0.15) is 0 Å². The van der Waals surface area contributed by atoms with Crippen molar-refractivity contribution < 1.29 is 4.79 Å². The summed E-state index contributed by atoms with van der Waals surface area (Å²) in [6.07, 6.45) is 6.93. The summed E-state index contributed by atoms with van der Waals surface area (Å²) in [5.41, 5.74) is 2.21. The summed E-state index contributed by atoms with van der Waals surface area (Å²) in [5, 5.41) is 6.51. The molecule has 2 N–H and O–H groups in total. The Hall–Kier alpha value is -0.810. The molecule has 2 heterocycles. The largest absolute Gasteiger partial charge is 0.350 e. The van der Waals surface area contributed by atoms with Gasteiger partial charge < -0.3 is 10.6 Å². The van der Waals surface area contributed by atoms with Crippen molar-refractivity contribution in [2.75, 3.05) is 19.6 Å². The van der Waals surface area contributed by atoms with Crippen LogP contribution in [0.5, 0.6) is 0 Å². The average Bonchev–Trinajstić information content (AvgIpc) is 3.12. The summed E-state index contributed by atoms with van der Waals surface area (Å²) < 4.78 is 0. The molecule has 0 saturated carbocycles. The van der Waals surface area contributed by atoms with Crippen molar-refractivity contribution in [2.45, 2.75) is 64.1 Å². The third kappa shape index (κ3) is 5.85. The molecule has 2 fully saturated rings. The molecular formula is C20H33Cl2N3O. The van der Waals surface area contributed by atoms with E-state index < -0.39 is 0 Å². The summed E-state index contributed by atoms with van der Waals surface area (Å²) in [4.78, 5) is 15.1. The number of halogens is 2. The van der Waals surface area contributed by atoms with Crippen LogP contribution in [0.15, 0.2) is 24.3 Å². The van der Waals surface area contributed by atoms with E-state index in [1.807, 2.05) is 0 Å². The predicted octanol–water partition coefficient (Wildman–Crippen LogP) is 3.66. The van der Waals surface area contributed by atoms with Gasteiger partial charge in [0.2, 0.25) is 5.91 Å². The Labute approximate surface area is 170 Å². The second-order valence-electron chi connectivity index (χ2n) is 7.30. The van der Waals surface area contributed by atoms with Crippen molar-refractivity contribution in [3.8, 4) is 0 Å². The molecule has 0 radical (unpaired) electrons. The van der Waals surface area contributed by atoms with E-state index in [0.29, 0.717) is 6.54 Å². The second-order valence-corrected chi connectivity index (χ2v) is 7.30. The van der Waals surface area contributed by atoms with E-state index in [4.69, 9.17) is 0 Å². The Morgan fingerprint density at radius 2 is 1.73 bits per heavy atom. The molecule has 6 heteroatoms. The fourth-order valence-electron chi connectivity index (χ4n) is 3.95. The third-order valence-corrected chi connectivity index (χ3v) is 5.61. The lowest BCUT2D eigenvalue weighted by Crippen LogP contribution is -2.52. The highest BCUT2D eigenvalue weighted by atomic mass is 35.5. The number of benzene rings is 1.